The molecule has 0 bridgehead atoms. The molecule has 2 saturated heterocycles. The van der Waals surface area contributed by atoms with Crippen molar-refractivity contribution in [2.45, 2.75) is 36.0 Å². The molecule has 0 saturated carbocycles. The summed E-state index contributed by atoms with van der Waals surface area (Å²) >= 11 is 0. The molecule has 0 atom stereocenters. The zero-order chi connectivity index (χ0) is 17.8. The van der Waals surface area contributed by atoms with E-state index >= 15 is 0 Å². The second-order valence-electron chi connectivity index (χ2n) is 7.74. The van der Waals surface area contributed by atoms with E-state index in [2.05, 4.69) is 55.5 Å². The highest BCUT2D eigenvalue weighted by molar-refractivity contribution is 8.17. The van der Waals surface area contributed by atoms with Gasteiger partial charge in [0.25, 0.3) is 0 Å². The van der Waals surface area contributed by atoms with Gasteiger partial charge in [-0.25, -0.2) is 21.8 Å². The van der Waals surface area contributed by atoms with Crippen molar-refractivity contribution < 1.29 is 4.74 Å². The normalized spacial score (nSPS) is 26.6. The average Bonchev–Trinajstić information content (AvgIpc) is 2.71. The van der Waals surface area contributed by atoms with E-state index in [4.69, 9.17) is 4.74 Å². The van der Waals surface area contributed by atoms with Gasteiger partial charge in [-0.2, -0.15) is 0 Å². The van der Waals surface area contributed by atoms with Crippen molar-refractivity contribution in [2.24, 2.45) is 5.92 Å². The minimum Gasteiger partial charge on any atom is -0.380 e. The Kier molecular flexibility index (Phi) is 6.29. The molecule has 2 heterocycles. The smallest absolute Gasteiger partial charge is 0.0543 e. The van der Waals surface area contributed by atoms with Crippen molar-refractivity contribution in [1.82, 2.24) is 0 Å². The van der Waals surface area contributed by atoms with Crippen LogP contribution in [0.3, 0.4) is 0 Å². The maximum absolute atomic E-state index is 5.51. The van der Waals surface area contributed by atoms with Crippen LogP contribution in [0.25, 0.3) is 0 Å². The van der Waals surface area contributed by atoms with Crippen LogP contribution >= 0.6 is 21.8 Å². The molecular weight excluding hydrogens is 356 g/mol. The first-order chi connectivity index (χ1) is 12.8. The monoisotopic (exact) mass is 388 g/mol. The maximum atomic E-state index is 5.51. The quantitative estimate of drug-likeness (QED) is 0.667. The third-order valence-corrected chi connectivity index (χ3v) is 10.9. The van der Waals surface area contributed by atoms with E-state index in [0.717, 1.165) is 19.1 Å². The molecule has 2 fully saturated rings. The summed E-state index contributed by atoms with van der Waals surface area (Å²) in [5, 5.41) is 0. The lowest BCUT2D eigenvalue weighted by Gasteiger charge is -2.32. The fourth-order valence-corrected chi connectivity index (χ4v) is 8.82. The zero-order valence-electron chi connectivity index (χ0n) is 15.9. The fraction of sp³-hybridized carbons (Fsp3) is 0.478. The SMILES string of the molecule is Cc1ccc([SH]2CCC(Cc3ccc([SH]4CCOCC4)cc3)CC2)cc1. The molecule has 2 aromatic rings. The molecule has 142 valence electrons. The van der Waals surface area contributed by atoms with Crippen LogP contribution < -0.4 is 0 Å². The Morgan fingerprint density at radius 1 is 0.769 bits per heavy atom. The highest BCUT2D eigenvalue weighted by Crippen LogP contribution is 2.44. The number of thiol groups is 2. The van der Waals surface area contributed by atoms with E-state index in [1.807, 2.05) is 0 Å². The van der Waals surface area contributed by atoms with Crippen LogP contribution in [-0.2, 0) is 11.2 Å². The van der Waals surface area contributed by atoms with Gasteiger partial charge >= 0.3 is 0 Å². The van der Waals surface area contributed by atoms with E-state index in [0.29, 0.717) is 0 Å². The van der Waals surface area contributed by atoms with Crippen molar-refractivity contribution in [3.63, 3.8) is 0 Å². The molecule has 0 amide bonds. The van der Waals surface area contributed by atoms with Gasteiger partial charge in [-0.15, -0.1) is 0 Å². The number of hydrogen-bond acceptors (Lipinski definition) is 1. The topological polar surface area (TPSA) is 9.23 Å². The van der Waals surface area contributed by atoms with Crippen molar-refractivity contribution >= 4 is 21.8 Å². The molecule has 1 nitrogen and oxygen atoms in total. The predicted molar refractivity (Wildman–Crippen MR) is 119 cm³/mol. The molecule has 0 aromatic heterocycles. The molecule has 0 radical (unpaired) electrons. The Balaban J connectivity index is 1.29. The Hall–Kier alpha value is -0.900. The van der Waals surface area contributed by atoms with Gasteiger partial charge in [0, 0.05) is 11.5 Å². The number of hydrogen-bond donors (Lipinski definition) is 2. The second kappa shape index (κ2) is 8.86. The number of ether oxygens (including phenoxy) is 1. The van der Waals surface area contributed by atoms with E-state index in [1.165, 1.54) is 47.8 Å². The van der Waals surface area contributed by atoms with Crippen LogP contribution in [0.5, 0.6) is 0 Å². The summed E-state index contributed by atoms with van der Waals surface area (Å²) in [6.07, 6.45) is 4.09. The minimum absolute atomic E-state index is 0.0447. The lowest BCUT2D eigenvalue weighted by Crippen LogP contribution is -2.16. The summed E-state index contributed by atoms with van der Waals surface area (Å²) in [5.41, 5.74) is 2.92. The first kappa shape index (κ1) is 18.5. The van der Waals surface area contributed by atoms with Crippen molar-refractivity contribution in [2.75, 3.05) is 36.2 Å². The molecule has 0 spiro atoms. The van der Waals surface area contributed by atoms with Gasteiger partial charge in [-0.3, -0.25) is 0 Å². The first-order valence-corrected chi connectivity index (χ1v) is 13.4. The summed E-state index contributed by atoms with van der Waals surface area (Å²) in [7, 11) is 0.141. The lowest BCUT2D eigenvalue weighted by molar-refractivity contribution is 0.160. The van der Waals surface area contributed by atoms with Gasteiger partial charge < -0.3 is 4.74 Å². The van der Waals surface area contributed by atoms with E-state index in [-0.39, 0.29) is 21.8 Å². The third-order valence-electron chi connectivity index (χ3n) is 5.85. The third kappa shape index (κ3) is 4.68. The number of rotatable bonds is 4. The van der Waals surface area contributed by atoms with Gasteiger partial charge in [0.15, 0.2) is 0 Å². The van der Waals surface area contributed by atoms with E-state index in [1.54, 1.807) is 15.4 Å². The summed E-state index contributed by atoms with van der Waals surface area (Å²) in [6.45, 7) is 4.10. The molecule has 0 aliphatic carbocycles. The van der Waals surface area contributed by atoms with E-state index in [9.17, 15) is 0 Å². The van der Waals surface area contributed by atoms with E-state index < -0.39 is 0 Å². The molecule has 3 heteroatoms. The highest BCUT2D eigenvalue weighted by Gasteiger charge is 2.20. The standard InChI is InChI=1S/C23H32OS2/c1-19-2-6-22(7-3-19)25-14-10-21(11-15-25)18-20-4-8-23(9-5-20)26-16-12-24-13-17-26/h2-9,21,25-26H,10-18H2,1H3. The van der Waals surface area contributed by atoms with Gasteiger partial charge in [0.05, 0.1) is 13.2 Å². The molecule has 0 unspecified atom stereocenters. The number of aryl methyl sites for hydroxylation is 1. The zero-order valence-corrected chi connectivity index (χ0v) is 17.7. The molecular formula is C23H32OS2. The molecule has 0 N–H and O–H groups in total. The maximum Gasteiger partial charge on any atom is 0.0543 e. The van der Waals surface area contributed by atoms with Crippen molar-refractivity contribution in [3.05, 3.63) is 59.7 Å². The van der Waals surface area contributed by atoms with Crippen molar-refractivity contribution in [3.8, 4) is 0 Å². The van der Waals surface area contributed by atoms with Gasteiger partial charge in [-0.1, -0.05) is 54.1 Å². The summed E-state index contributed by atoms with van der Waals surface area (Å²) in [4.78, 5) is 3.20. The van der Waals surface area contributed by atoms with Crippen LogP contribution in [0.15, 0.2) is 58.3 Å². The minimum atomic E-state index is 0.0447. The Bertz CT molecular complexity index is 681. The summed E-state index contributed by atoms with van der Waals surface area (Å²) < 4.78 is 5.51. The predicted octanol–water partition coefficient (Wildman–Crippen LogP) is 5.40. The van der Waals surface area contributed by atoms with Crippen LogP contribution in [-0.4, -0.2) is 36.2 Å². The largest absolute Gasteiger partial charge is 0.380 e. The molecule has 2 aliphatic heterocycles. The van der Waals surface area contributed by atoms with Gasteiger partial charge in [0.2, 0.25) is 0 Å². The van der Waals surface area contributed by atoms with Crippen LogP contribution in [0, 0.1) is 12.8 Å². The first-order valence-electron chi connectivity index (χ1n) is 10.0. The Labute approximate surface area is 164 Å². The fourth-order valence-electron chi connectivity index (χ4n) is 4.15. The molecule has 2 aliphatic rings. The Morgan fingerprint density at radius 3 is 1.92 bits per heavy atom. The molecule has 26 heavy (non-hydrogen) atoms. The van der Waals surface area contributed by atoms with Gasteiger partial charge in [-0.05, 0) is 59.0 Å². The van der Waals surface area contributed by atoms with Crippen LogP contribution in [0.2, 0.25) is 0 Å². The van der Waals surface area contributed by atoms with Crippen LogP contribution in [0.1, 0.15) is 24.0 Å². The molecule has 4 rings (SSSR count). The second-order valence-corrected chi connectivity index (χ2v) is 12.7. The molecule has 2 aromatic carbocycles. The highest BCUT2D eigenvalue weighted by atomic mass is 32.2. The number of benzene rings is 2. The lowest BCUT2D eigenvalue weighted by atomic mass is 9.94. The van der Waals surface area contributed by atoms with Crippen molar-refractivity contribution in [1.29, 1.82) is 0 Å². The summed E-state index contributed by atoms with van der Waals surface area (Å²) in [5.74, 6) is 6.23. The van der Waals surface area contributed by atoms with Crippen LogP contribution in [0.4, 0.5) is 0 Å². The summed E-state index contributed by atoms with van der Waals surface area (Å²) in [6, 6.07) is 18.9. The van der Waals surface area contributed by atoms with Gasteiger partial charge in [0.1, 0.15) is 0 Å². The average molecular weight is 389 g/mol. The Morgan fingerprint density at radius 2 is 1.31 bits per heavy atom.